The second kappa shape index (κ2) is 5.33. The van der Waals surface area contributed by atoms with E-state index in [9.17, 15) is 14.7 Å². The standard InChI is InChI=1S/C16H17NO4/c1-2-9-5-3-4-6-10(9)17-15(18)13-11-7-8-12(21-11)14(13)16(19)20/h3-8,11-14H,2H2,1H3,(H,17,18)(H,19,20)/t11-,12-,13+,14+/m1/s1. The summed E-state index contributed by atoms with van der Waals surface area (Å²) in [4.78, 5) is 23.9. The zero-order chi connectivity index (χ0) is 15.0. The maximum atomic E-state index is 12.5. The second-order valence-corrected chi connectivity index (χ2v) is 5.34. The Bertz CT molecular complexity index is 610. The minimum absolute atomic E-state index is 0.292. The molecule has 0 unspecified atom stereocenters. The highest BCUT2D eigenvalue weighted by molar-refractivity contribution is 5.97. The Balaban J connectivity index is 1.82. The van der Waals surface area contributed by atoms with E-state index in [1.165, 1.54) is 0 Å². The molecule has 2 aliphatic heterocycles. The van der Waals surface area contributed by atoms with Crippen LogP contribution >= 0.6 is 0 Å². The second-order valence-electron chi connectivity index (χ2n) is 5.34. The minimum Gasteiger partial charge on any atom is -0.481 e. The maximum absolute atomic E-state index is 12.5. The third kappa shape index (κ3) is 2.34. The lowest BCUT2D eigenvalue weighted by molar-refractivity contribution is -0.145. The number of para-hydroxylation sites is 1. The van der Waals surface area contributed by atoms with Gasteiger partial charge in [-0.2, -0.15) is 0 Å². The summed E-state index contributed by atoms with van der Waals surface area (Å²) in [5.74, 6) is -2.77. The molecule has 0 saturated carbocycles. The largest absolute Gasteiger partial charge is 0.481 e. The van der Waals surface area contributed by atoms with Crippen molar-refractivity contribution in [2.24, 2.45) is 11.8 Å². The van der Waals surface area contributed by atoms with Crippen molar-refractivity contribution in [1.29, 1.82) is 0 Å². The average molecular weight is 287 g/mol. The fourth-order valence-corrected chi connectivity index (χ4v) is 3.08. The molecule has 0 aromatic heterocycles. The van der Waals surface area contributed by atoms with Gasteiger partial charge in [0.25, 0.3) is 0 Å². The molecule has 1 saturated heterocycles. The number of ether oxygens (including phenoxy) is 1. The monoisotopic (exact) mass is 287 g/mol. The first kappa shape index (κ1) is 13.8. The molecule has 110 valence electrons. The molecule has 4 atom stereocenters. The van der Waals surface area contributed by atoms with Gasteiger partial charge in [0, 0.05) is 5.69 Å². The number of carbonyl (C=O) groups excluding carboxylic acids is 1. The number of carbonyl (C=O) groups is 2. The fourth-order valence-electron chi connectivity index (χ4n) is 3.08. The Morgan fingerprint density at radius 2 is 1.86 bits per heavy atom. The van der Waals surface area contributed by atoms with Gasteiger partial charge in [-0.05, 0) is 18.1 Å². The van der Waals surface area contributed by atoms with Crippen LogP contribution in [-0.2, 0) is 20.7 Å². The Morgan fingerprint density at radius 1 is 1.19 bits per heavy atom. The molecule has 1 fully saturated rings. The molecule has 2 bridgehead atoms. The number of carboxylic acids is 1. The first-order valence-electron chi connectivity index (χ1n) is 7.07. The van der Waals surface area contributed by atoms with Crippen LogP contribution in [-0.4, -0.2) is 29.2 Å². The lowest BCUT2D eigenvalue weighted by atomic mass is 9.82. The van der Waals surface area contributed by atoms with Crippen molar-refractivity contribution in [1.82, 2.24) is 0 Å². The van der Waals surface area contributed by atoms with E-state index in [1.807, 2.05) is 31.2 Å². The van der Waals surface area contributed by atoms with Crippen LogP contribution in [0.5, 0.6) is 0 Å². The zero-order valence-electron chi connectivity index (χ0n) is 11.7. The van der Waals surface area contributed by atoms with E-state index in [4.69, 9.17) is 4.74 Å². The molecular weight excluding hydrogens is 270 g/mol. The summed E-state index contributed by atoms with van der Waals surface area (Å²) in [5, 5.41) is 12.2. The summed E-state index contributed by atoms with van der Waals surface area (Å²) in [6, 6.07) is 7.54. The lowest BCUT2D eigenvalue weighted by Gasteiger charge is -2.21. The van der Waals surface area contributed by atoms with Crippen LogP contribution < -0.4 is 5.32 Å². The minimum atomic E-state index is -0.990. The van der Waals surface area contributed by atoms with Crippen molar-refractivity contribution in [2.45, 2.75) is 25.6 Å². The Labute approximate surface area is 122 Å². The zero-order valence-corrected chi connectivity index (χ0v) is 11.7. The summed E-state index contributed by atoms with van der Waals surface area (Å²) in [7, 11) is 0. The van der Waals surface area contributed by atoms with Crippen molar-refractivity contribution >= 4 is 17.6 Å². The molecule has 2 aliphatic rings. The summed E-state index contributed by atoms with van der Waals surface area (Å²) >= 11 is 0. The van der Waals surface area contributed by atoms with Gasteiger partial charge in [-0.3, -0.25) is 9.59 Å². The molecule has 0 spiro atoms. The molecule has 21 heavy (non-hydrogen) atoms. The van der Waals surface area contributed by atoms with Crippen LogP contribution in [0.3, 0.4) is 0 Å². The van der Waals surface area contributed by atoms with Crippen LogP contribution in [0.1, 0.15) is 12.5 Å². The molecule has 0 radical (unpaired) electrons. The van der Waals surface area contributed by atoms with Gasteiger partial charge in [-0.25, -0.2) is 0 Å². The number of hydrogen-bond acceptors (Lipinski definition) is 3. The quantitative estimate of drug-likeness (QED) is 0.829. The molecule has 0 aliphatic carbocycles. The van der Waals surface area contributed by atoms with Gasteiger partial charge in [-0.1, -0.05) is 37.3 Å². The number of carboxylic acid groups (broad SMARTS) is 1. The first-order chi connectivity index (χ1) is 10.1. The van der Waals surface area contributed by atoms with E-state index >= 15 is 0 Å². The predicted molar refractivity (Wildman–Crippen MR) is 76.9 cm³/mol. The normalized spacial score (nSPS) is 29.6. The van der Waals surface area contributed by atoms with Crippen LogP contribution in [0.25, 0.3) is 0 Å². The SMILES string of the molecule is CCc1ccccc1NC(=O)[C@@H]1[C@@H](C(=O)O)[C@H]2C=C[C@H]1O2. The van der Waals surface area contributed by atoms with Crippen LogP contribution in [0.2, 0.25) is 0 Å². The van der Waals surface area contributed by atoms with Gasteiger partial charge in [0.15, 0.2) is 0 Å². The van der Waals surface area contributed by atoms with Gasteiger partial charge in [0.1, 0.15) is 5.92 Å². The Morgan fingerprint density at radius 3 is 2.52 bits per heavy atom. The Kier molecular flexibility index (Phi) is 3.51. The van der Waals surface area contributed by atoms with E-state index in [-0.39, 0.29) is 5.91 Å². The smallest absolute Gasteiger partial charge is 0.310 e. The summed E-state index contributed by atoms with van der Waals surface area (Å²) in [6.45, 7) is 2.01. The molecule has 2 heterocycles. The molecule has 3 rings (SSSR count). The molecular formula is C16H17NO4. The number of fused-ring (bicyclic) bond motifs is 2. The van der Waals surface area contributed by atoms with E-state index in [0.29, 0.717) is 0 Å². The summed E-state index contributed by atoms with van der Waals surface area (Å²) < 4.78 is 5.52. The first-order valence-corrected chi connectivity index (χ1v) is 7.07. The number of aliphatic carboxylic acids is 1. The van der Waals surface area contributed by atoms with Crippen molar-refractivity contribution < 1.29 is 19.4 Å². The Hall–Kier alpha value is -2.14. The number of rotatable bonds is 4. The topological polar surface area (TPSA) is 75.6 Å². The van der Waals surface area contributed by atoms with Gasteiger partial charge in [-0.15, -0.1) is 0 Å². The summed E-state index contributed by atoms with van der Waals surface area (Å²) in [5.41, 5.74) is 1.76. The van der Waals surface area contributed by atoms with E-state index in [1.54, 1.807) is 12.2 Å². The number of hydrogen-bond donors (Lipinski definition) is 2. The predicted octanol–water partition coefficient (Wildman–Crippen LogP) is 1.84. The number of nitrogens with one attached hydrogen (secondary N) is 1. The van der Waals surface area contributed by atoms with E-state index in [0.717, 1.165) is 17.7 Å². The van der Waals surface area contributed by atoms with E-state index < -0.39 is 30.0 Å². The third-order valence-corrected chi connectivity index (χ3v) is 4.14. The fraction of sp³-hybridized carbons (Fsp3) is 0.375. The highest BCUT2D eigenvalue weighted by Gasteiger charge is 2.53. The number of aryl methyl sites for hydroxylation is 1. The van der Waals surface area contributed by atoms with Crippen molar-refractivity contribution in [3.8, 4) is 0 Å². The van der Waals surface area contributed by atoms with Crippen molar-refractivity contribution in [3.63, 3.8) is 0 Å². The van der Waals surface area contributed by atoms with Crippen LogP contribution in [0, 0.1) is 11.8 Å². The van der Waals surface area contributed by atoms with Gasteiger partial charge >= 0.3 is 5.97 Å². The highest BCUT2D eigenvalue weighted by Crippen LogP contribution is 2.40. The van der Waals surface area contributed by atoms with Crippen molar-refractivity contribution in [2.75, 3.05) is 5.32 Å². The molecule has 1 amide bonds. The molecule has 5 heteroatoms. The summed E-state index contributed by atoms with van der Waals surface area (Å²) in [6.07, 6.45) is 3.37. The average Bonchev–Trinajstić information content (AvgIpc) is 3.08. The number of anilines is 1. The van der Waals surface area contributed by atoms with E-state index in [2.05, 4.69) is 5.32 Å². The number of benzene rings is 1. The van der Waals surface area contributed by atoms with Crippen LogP contribution in [0.4, 0.5) is 5.69 Å². The van der Waals surface area contributed by atoms with Gasteiger partial charge < -0.3 is 15.2 Å². The maximum Gasteiger partial charge on any atom is 0.310 e. The molecule has 1 aromatic carbocycles. The molecule has 1 aromatic rings. The number of amides is 1. The lowest BCUT2D eigenvalue weighted by Crippen LogP contribution is -2.39. The van der Waals surface area contributed by atoms with Gasteiger partial charge in [0.2, 0.25) is 5.91 Å². The molecule has 2 N–H and O–H groups in total. The highest BCUT2D eigenvalue weighted by atomic mass is 16.5. The third-order valence-electron chi connectivity index (χ3n) is 4.14. The van der Waals surface area contributed by atoms with Gasteiger partial charge in [0.05, 0.1) is 18.1 Å². The van der Waals surface area contributed by atoms with Crippen molar-refractivity contribution in [3.05, 3.63) is 42.0 Å². The molecule has 5 nitrogen and oxygen atoms in total. The van der Waals surface area contributed by atoms with Crippen LogP contribution in [0.15, 0.2) is 36.4 Å².